The molecule has 1 aliphatic rings. The third kappa shape index (κ3) is 4.62. The molecule has 0 aliphatic carbocycles. The topological polar surface area (TPSA) is 49.6 Å². The van der Waals surface area contributed by atoms with Crippen LogP contribution in [0, 0.1) is 0 Å². The second kappa shape index (κ2) is 8.39. The van der Waals surface area contributed by atoms with Gasteiger partial charge in [-0.05, 0) is 31.9 Å². The Labute approximate surface area is 140 Å². The molecule has 2 rings (SSSR count). The highest BCUT2D eigenvalue weighted by atomic mass is 35.5. The second-order valence-corrected chi connectivity index (χ2v) is 6.14. The molecule has 124 valence electrons. The van der Waals surface area contributed by atoms with Crippen LogP contribution in [0.3, 0.4) is 0 Å². The van der Waals surface area contributed by atoms with E-state index in [1.54, 1.807) is 0 Å². The Hall–Kier alpha value is -1.26. The van der Waals surface area contributed by atoms with E-state index in [0.717, 1.165) is 45.4 Å². The van der Waals surface area contributed by atoms with E-state index in [0.29, 0.717) is 0 Å². The number of nitrogens with zero attached hydrogens (tertiary/aromatic N) is 2. The Bertz CT molecular complexity index is 464. The molecule has 4 nitrogen and oxygen atoms in total. The minimum Gasteiger partial charge on any atom is -0.370 e. The Morgan fingerprint density at radius 1 is 1.18 bits per heavy atom. The summed E-state index contributed by atoms with van der Waals surface area (Å²) in [5.41, 5.74) is 6.70. The van der Waals surface area contributed by atoms with Crippen LogP contribution in [0.15, 0.2) is 30.3 Å². The maximum atomic E-state index is 12.6. The van der Waals surface area contributed by atoms with Crippen LogP contribution in [0.4, 0.5) is 5.69 Å². The SMILES string of the molecule is CCCC(C)(N)C(=O)N1CCCN(c2ccccc2)CC1.Cl. The van der Waals surface area contributed by atoms with Crippen LogP contribution >= 0.6 is 12.4 Å². The van der Waals surface area contributed by atoms with Crippen LogP contribution in [0.2, 0.25) is 0 Å². The number of benzene rings is 1. The molecular weight excluding hydrogens is 298 g/mol. The quantitative estimate of drug-likeness (QED) is 0.926. The van der Waals surface area contributed by atoms with Crippen LogP contribution in [0.5, 0.6) is 0 Å². The summed E-state index contributed by atoms with van der Waals surface area (Å²) in [7, 11) is 0. The fraction of sp³-hybridized carbons (Fsp3) is 0.588. The minimum absolute atomic E-state index is 0. The molecule has 1 fully saturated rings. The first kappa shape index (κ1) is 18.8. The molecule has 0 radical (unpaired) electrons. The number of nitrogens with two attached hydrogens (primary N) is 1. The zero-order valence-corrected chi connectivity index (χ0v) is 14.4. The molecule has 1 aromatic carbocycles. The number of hydrogen-bond donors (Lipinski definition) is 1. The van der Waals surface area contributed by atoms with E-state index in [-0.39, 0.29) is 18.3 Å². The first-order valence-electron chi connectivity index (χ1n) is 7.93. The van der Waals surface area contributed by atoms with E-state index in [1.165, 1.54) is 5.69 Å². The average molecular weight is 326 g/mol. The average Bonchev–Trinajstić information content (AvgIpc) is 2.73. The molecule has 1 aliphatic heterocycles. The molecule has 0 bridgehead atoms. The highest BCUT2D eigenvalue weighted by molar-refractivity contribution is 5.86. The molecule has 5 heteroatoms. The summed E-state index contributed by atoms with van der Waals surface area (Å²) in [5, 5.41) is 0. The summed E-state index contributed by atoms with van der Waals surface area (Å²) in [6, 6.07) is 10.4. The van der Waals surface area contributed by atoms with Gasteiger partial charge in [0, 0.05) is 31.9 Å². The van der Waals surface area contributed by atoms with Crippen LogP contribution in [0.1, 0.15) is 33.1 Å². The normalized spacial score (nSPS) is 18.1. The van der Waals surface area contributed by atoms with Crippen LogP contribution in [0.25, 0.3) is 0 Å². The molecule has 1 unspecified atom stereocenters. The summed E-state index contributed by atoms with van der Waals surface area (Å²) in [6.45, 7) is 7.35. The van der Waals surface area contributed by atoms with E-state index in [1.807, 2.05) is 17.9 Å². The molecule has 1 atom stereocenters. The largest absolute Gasteiger partial charge is 0.370 e. The standard InChI is InChI=1S/C17H27N3O.ClH/c1-3-10-17(2,18)16(21)20-12-7-11-19(13-14-20)15-8-5-4-6-9-15;/h4-6,8-9H,3,7,10-14,18H2,1-2H3;1H. The lowest BCUT2D eigenvalue weighted by atomic mass is 9.95. The fourth-order valence-electron chi connectivity index (χ4n) is 3.01. The molecular formula is C17H28ClN3O. The Morgan fingerprint density at radius 3 is 2.50 bits per heavy atom. The summed E-state index contributed by atoms with van der Waals surface area (Å²) in [4.78, 5) is 16.9. The predicted octanol–water partition coefficient (Wildman–Crippen LogP) is 2.66. The van der Waals surface area contributed by atoms with Gasteiger partial charge in [-0.3, -0.25) is 4.79 Å². The summed E-state index contributed by atoms with van der Waals surface area (Å²) in [6.07, 6.45) is 2.66. The van der Waals surface area contributed by atoms with Gasteiger partial charge in [0.2, 0.25) is 5.91 Å². The molecule has 0 spiro atoms. The zero-order chi connectivity index (χ0) is 15.3. The lowest BCUT2D eigenvalue weighted by Crippen LogP contribution is -2.54. The number of carbonyl (C=O) groups is 1. The van der Waals surface area contributed by atoms with Gasteiger partial charge in [0.1, 0.15) is 0 Å². The van der Waals surface area contributed by atoms with Gasteiger partial charge in [-0.1, -0.05) is 31.5 Å². The first-order chi connectivity index (χ1) is 10.0. The number of amides is 1. The van der Waals surface area contributed by atoms with Crippen molar-refractivity contribution in [1.82, 2.24) is 4.90 Å². The van der Waals surface area contributed by atoms with Crippen molar-refractivity contribution in [2.75, 3.05) is 31.1 Å². The highest BCUT2D eigenvalue weighted by Gasteiger charge is 2.32. The van der Waals surface area contributed by atoms with Gasteiger partial charge in [0.05, 0.1) is 5.54 Å². The number of rotatable bonds is 4. The van der Waals surface area contributed by atoms with Crippen LogP contribution < -0.4 is 10.6 Å². The van der Waals surface area contributed by atoms with Gasteiger partial charge < -0.3 is 15.5 Å². The van der Waals surface area contributed by atoms with Crippen molar-refractivity contribution in [2.45, 2.75) is 38.6 Å². The van der Waals surface area contributed by atoms with E-state index >= 15 is 0 Å². The van der Waals surface area contributed by atoms with Crippen molar-refractivity contribution in [1.29, 1.82) is 0 Å². The number of para-hydroxylation sites is 1. The third-order valence-electron chi connectivity index (χ3n) is 4.16. The molecule has 1 heterocycles. The lowest BCUT2D eigenvalue weighted by Gasteiger charge is -2.31. The van der Waals surface area contributed by atoms with E-state index in [4.69, 9.17) is 5.73 Å². The third-order valence-corrected chi connectivity index (χ3v) is 4.16. The number of carbonyl (C=O) groups excluding carboxylic acids is 1. The van der Waals surface area contributed by atoms with Crippen molar-refractivity contribution in [3.05, 3.63) is 30.3 Å². The van der Waals surface area contributed by atoms with Gasteiger partial charge in [-0.25, -0.2) is 0 Å². The van der Waals surface area contributed by atoms with Crippen molar-refractivity contribution >= 4 is 24.0 Å². The fourth-order valence-corrected chi connectivity index (χ4v) is 3.01. The molecule has 2 N–H and O–H groups in total. The van der Waals surface area contributed by atoms with Crippen molar-refractivity contribution in [3.8, 4) is 0 Å². The molecule has 1 amide bonds. The minimum atomic E-state index is -0.726. The monoisotopic (exact) mass is 325 g/mol. The summed E-state index contributed by atoms with van der Waals surface area (Å²) >= 11 is 0. The van der Waals surface area contributed by atoms with E-state index < -0.39 is 5.54 Å². The molecule has 0 aromatic heterocycles. The van der Waals surface area contributed by atoms with Crippen LogP contribution in [-0.2, 0) is 4.79 Å². The molecule has 22 heavy (non-hydrogen) atoms. The van der Waals surface area contributed by atoms with Gasteiger partial charge in [0.25, 0.3) is 0 Å². The van der Waals surface area contributed by atoms with Gasteiger partial charge in [-0.15, -0.1) is 12.4 Å². The number of halogens is 1. The Kier molecular flexibility index (Phi) is 7.17. The van der Waals surface area contributed by atoms with E-state index in [9.17, 15) is 4.79 Å². The highest BCUT2D eigenvalue weighted by Crippen LogP contribution is 2.18. The smallest absolute Gasteiger partial charge is 0.242 e. The maximum absolute atomic E-state index is 12.6. The molecule has 1 aromatic rings. The maximum Gasteiger partial charge on any atom is 0.242 e. The summed E-state index contributed by atoms with van der Waals surface area (Å²) < 4.78 is 0. The second-order valence-electron chi connectivity index (χ2n) is 6.14. The number of hydrogen-bond acceptors (Lipinski definition) is 3. The zero-order valence-electron chi connectivity index (χ0n) is 13.6. The number of anilines is 1. The van der Waals surface area contributed by atoms with Gasteiger partial charge in [0.15, 0.2) is 0 Å². The van der Waals surface area contributed by atoms with Crippen molar-refractivity contribution in [2.24, 2.45) is 5.73 Å². The van der Waals surface area contributed by atoms with Crippen molar-refractivity contribution in [3.63, 3.8) is 0 Å². The molecule has 1 saturated heterocycles. The van der Waals surface area contributed by atoms with Gasteiger partial charge >= 0.3 is 0 Å². The first-order valence-corrected chi connectivity index (χ1v) is 7.93. The summed E-state index contributed by atoms with van der Waals surface area (Å²) in [5.74, 6) is 0.0965. The Balaban J connectivity index is 0.00000242. The predicted molar refractivity (Wildman–Crippen MR) is 94.6 cm³/mol. The molecule has 0 saturated carbocycles. The van der Waals surface area contributed by atoms with E-state index in [2.05, 4.69) is 36.1 Å². The van der Waals surface area contributed by atoms with Gasteiger partial charge in [-0.2, -0.15) is 0 Å². The lowest BCUT2D eigenvalue weighted by molar-refractivity contribution is -0.136. The van der Waals surface area contributed by atoms with Crippen LogP contribution in [-0.4, -0.2) is 42.5 Å². The van der Waals surface area contributed by atoms with Crippen molar-refractivity contribution < 1.29 is 4.79 Å². The Morgan fingerprint density at radius 2 is 1.86 bits per heavy atom.